The fraction of sp³-hybridized carbons (Fsp3) is 0.536. The number of piperidine rings is 1. The molecule has 3 heterocycles. The fourth-order valence-corrected chi connectivity index (χ4v) is 5.73. The van der Waals surface area contributed by atoms with E-state index in [-0.39, 0.29) is 35.5 Å². The van der Waals surface area contributed by atoms with Crippen LogP contribution in [0.2, 0.25) is 0 Å². The molecule has 0 radical (unpaired) electrons. The molecule has 0 bridgehead atoms. The second-order valence-corrected chi connectivity index (χ2v) is 11.5. The van der Waals surface area contributed by atoms with E-state index in [1.165, 1.54) is 6.92 Å². The van der Waals surface area contributed by atoms with Crippen LogP contribution in [0.25, 0.3) is 11.1 Å². The van der Waals surface area contributed by atoms with E-state index in [1.807, 2.05) is 39.8 Å². The number of amides is 2. The molecule has 1 unspecified atom stereocenters. The Balaban J connectivity index is 1.48. The van der Waals surface area contributed by atoms with Gasteiger partial charge in [-0.3, -0.25) is 14.4 Å². The molecule has 1 aromatic carbocycles. The van der Waals surface area contributed by atoms with Crippen molar-refractivity contribution in [1.29, 1.82) is 0 Å². The molecule has 194 valence electrons. The molecular weight excluding hydrogens is 468 g/mol. The molecule has 2 aliphatic heterocycles. The lowest BCUT2D eigenvalue weighted by molar-refractivity contribution is -0.142. The first-order valence-electron chi connectivity index (χ1n) is 12.9. The van der Waals surface area contributed by atoms with Crippen LogP contribution in [0.1, 0.15) is 63.9 Å². The van der Waals surface area contributed by atoms with Crippen LogP contribution >= 0.6 is 0 Å². The van der Waals surface area contributed by atoms with Gasteiger partial charge in [-0.2, -0.15) is 10.2 Å². The minimum absolute atomic E-state index is 0.00870. The van der Waals surface area contributed by atoms with Crippen molar-refractivity contribution in [2.45, 2.75) is 78.4 Å². The van der Waals surface area contributed by atoms with Gasteiger partial charge in [0.15, 0.2) is 11.3 Å². The molecule has 3 aliphatic rings. The molecule has 4 atom stereocenters. The third-order valence-electron chi connectivity index (χ3n) is 8.08. The van der Waals surface area contributed by atoms with Crippen molar-refractivity contribution >= 4 is 23.3 Å². The van der Waals surface area contributed by atoms with E-state index in [0.29, 0.717) is 36.0 Å². The number of nitrogens with zero attached hydrogens (tertiary/aromatic N) is 5. The zero-order valence-electron chi connectivity index (χ0n) is 22.3. The predicted molar refractivity (Wildman–Crippen MR) is 138 cm³/mol. The van der Waals surface area contributed by atoms with Crippen molar-refractivity contribution in [2.24, 2.45) is 21.6 Å². The maximum atomic E-state index is 13.9. The van der Waals surface area contributed by atoms with Crippen LogP contribution in [-0.2, 0) is 19.9 Å². The van der Waals surface area contributed by atoms with Crippen LogP contribution in [0.4, 0.5) is 5.69 Å². The fourth-order valence-electron chi connectivity index (χ4n) is 5.73. The van der Waals surface area contributed by atoms with Gasteiger partial charge in [0.05, 0.1) is 12.1 Å². The molecule has 1 saturated heterocycles. The summed E-state index contributed by atoms with van der Waals surface area (Å²) in [6.07, 6.45) is 4.83. The summed E-state index contributed by atoms with van der Waals surface area (Å²) in [5.41, 5.74) is 2.25. The minimum atomic E-state index is -1.43. The first kappa shape index (κ1) is 25.2. The highest BCUT2D eigenvalue weighted by molar-refractivity contribution is 5.98. The zero-order valence-corrected chi connectivity index (χ0v) is 22.3. The molecule has 2 aromatic rings. The van der Waals surface area contributed by atoms with Crippen molar-refractivity contribution in [3.8, 4) is 11.1 Å². The number of ketones is 1. The molecule has 0 spiro atoms. The molecule has 5 rings (SSSR count). The van der Waals surface area contributed by atoms with Gasteiger partial charge < -0.3 is 10.2 Å². The van der Waals surface area contributed by atoms with Gasteiger partial charge in [-0.05, 0) is 68.2 Å². The highest BCUT2D eigenvalue weighted by Gasteiger charge is 2.65. The Hall–Kier alpha value is -3.49. The molecule has 9 heteroatoms. The number of rotatable bonds is 7. The number of carbonyl (C=O) groups excluding carboxylic acids is 3. The Morgan fingerprint density at radius 3 is 2.46 bits per heavy atom. The van der Waals surface area contributed by atoms with Crippen molar-refractivity contribution in [2.75, 3.05) is 6.54 Å². The Morgan fingerprint density at radius 2 is 1.81 bits per heavy atom. The number of azo groups is 1. The van der Waals surface area contributed by atoms with Gasteiger partial charge in [0.25, 0.3) is 0 Å². The second-order valence-electron chi connectivity index (χ2n) is 11.5. The number of likely N-dealkylation sites (tertiary alicyclic amines) is 1. The number of aromatic nitrogens is 2. The van der Waals surface area contributed by atoms with E-state index in [4.69, 9.17) is 0 Å². The lowest BCUT2D eigenvalue weighted by Crippen LogP contribution is -2.50. The van der Waals surface area contributed by atoms with Crippen LogP contribution in [0.15, 0.2) is 34.8 Å². The lowest BCUT2D eigenvalue weighted by atomic mass is 9.81. The van der Waals surface area contributed by atoms with Gasteiger partial charge in [-0.25, -0.2) is 9.97 Å². The largest absolute Gasteiger partial charge is 0.354 e. The zero-order chi connectivity index (χ0) is 26.7. The molecular formula is C28H34N6O3. The third kappa shape index (κ3) is 4.24. The minimum Gasteiger partial charge on any atom is -0.354 e. The molecule has 9 nitrogen and oxygen atoms in total. The number of nitrogens with one attached hydrogen (secondary N) is 1. The van der Waals surface area contributed by atoms with E-state index in [9.17, 15) is 14.4 Å². The smallest absolute Gasteiger partial charge is 0.242 e. The summed E-state index contributed by atoms with van der Waals surface area (Å²) >= 11 is 0. The monoisotopic (exact) mass is 502 g/mol. The van der Waals surface area contributed by atoms with Crippen LogP contribution in [0, 0.1) is 25.2 Å². The normalized spacial score (nSPS) is 27.3. The molecule has 1 N–H and O–H groups in total. The van der Waals surface area contributed by atoms with Gasteiger partial charge in [0.1, 0.15) is 11.9 Å². The summed E-state index contributed by atoms with van der Waals surface area (Å²) in [5, 5.41) is 11.8. The van der Waals surface area contributed by atoms with E-state index in [1.54, 1.807) is 17.3 Å². The summed E-state index contributed by atoms with van der Waals surface area (Å²) < 4.78 is 0. The molecule has 37 heavy (non-hydrogen) atoms. The first-order chi connectivity index (χ1) is 17.4. The van der Waals surface area contributed by atoms with Crippen molar-refractivity contribution < 1.29 is 14.4 Å². The van der Waals surface area contributed by atoms with Crippen LogP contribution in [0.3, 0.4) is 0 Å². The average Bonchev–Trinajstić information content (AvgIpc) is 3.19. The summed E-state index contributed by atoms with van der Waals surface area (Å²) in [4.78, 5) is 50.5. The van der Waals surface area contributed by atoms with Gasteiger partial charge in [-0.1, -0.05) is 20.8 Å². The molecule has 2 amide bonds. The van der Waals surface area contributed by atoms with Crippen LogP contribution < -0.4 is 5.32 Å². The standard InChI is InChI=1S/C28H34N6O3/c1-15(2)12-31-26(37)22-9-27(6)10-23(27)34(22)24(36)11-28(17(4)35)21-8-19(7-16(3)25(21)32-33-28)20-13-29-18(5)30-14-20/h7-8,13-15,22-23H,9-12H2,1-6H3,(H,31,37)/t22-,23+,27-,28?/m0/s1. The first-order valence-corrected chi connectivity index (χ1v) is 12.9. The summed E-state index contributed by atoms with van der Waals surface area (Å²) in [6, 6.07) is 3.32. The number of Topliss-reactive ketones (excluding diaryl/α,β-unsaturated/α-hetero) is 1. The highest BCUT2D eigenvalue weighted by Crippen LogP contribution is 2.60. The Labute approximate surface area is 217 Å². The second kappa shape index (κ2) is 8.82. The SMILES string of the molecule is CC(=O)C1(CC(=O)N2[C@H](C(=O)NCC(C)C)C[C@@]3(C)C[C@@H]23)N=Nc2c(C)cc(-c3cnc(C)nc3)cc21. The topological polar surface area (TPSA) is 117 Å². The molecule has 2 fully saturated rings. The van der Waals surface area contributed by atoms with Gasteiger partial charge in [-0.15, -0.1) is 0 Å². The number of hydrogen-bond donors (Lipinski definition) is 1. The number of hydrogen-bond acceptors (Lipinski definition) is 7. The van der Waals surface area contributed by atoms with Gasteiger partial charge in [0, 0.05) is 36.1 Å². The Bertz CT molecular complexity index is 1320. The summed E-state index contributed by atoms with van der Waals surface area (Å²) in [7, 11) is 0. The highest BCUT2D eigenvalue weighted by atomic mass is 16.2. The lowest BCUT2D eigenvalue weighted by Gasteiger charge is -2.31. The van der Waals surface area contributed by atoms with Gasteiger partial charge >= 0.3 is 0 Å². The molecule has 1 saturated carbocycles. The third-order valence-corrected chi connectivity index (χ3v) is 8.08. The quantitative estimate of drug-likeness (QED) is 0.609. The molecule has 1 aliphatic carbocycles. The Morgan fingerprint density at radius 1 is 1.11 bits per heavy atom. The summed E-state index contributed by atoms with van der Waals surface area (Å²) in [6.45, 7) is 11.9. The maximum absolute atomic E-state index is 13.9. The average molecular weight is 503 g/mol. The predicted octanol–water partition coefficient (Wildman–Crippen LogP) is 4.18. The van der Waals surface area contributed by atoms with E-state index < -0.39 is 11.6 Å². The van der Waals surface area contributed by atoms with E-state index in [2.05, 4.69) is 32.4 Å². The van der Waals surface area contributed by atoms with Crippen LogP contribution in [-0.4, -0.2) is 51.1 Å². The van der Waals surface area contributed by atoms with Crippen molar-refractivity contribution in [3.05, 3.63) is 41.5 Å². The van der Waals surface area contributed by atoms with Crippen molar-refractivity contribution in [1.82, 2.24) is 20.2 Å². The number of aryl methyl sites for hydroxylation is 2. The number of benzene rings is 1. The number of fused-ring (bicyclic) bond motifs is 2. The van der Waals surface area contributed by atoms with Crippen LogP contribution in [0.5, 0.6) is 0 Å². The van der Waals surface area contributed by atoms with Gasteiger partial charge in [0.2, 0.25) is 11.8 Å². The molecule has 1 aromatic heterocycles. The Kier molecular flexibility index (Phi) is 6.00. The van der Waals surface area contributed by atoms with Crippen molar-refractivity contribution in [3.63, 3.8) is 0 Å². The van der Waals surface area contributed by atoms with E-state index >= 15 is 0 Å². The maximum Gasteiger partial charge on any atom is 0.242 e. The van der Waals surface area contributed by atoms with E-state index in [0.717, 1.165) is 23.1 Å². The summed E-state index contributed by atoms with van der Waals surface area (Å²) in [5.74, 6) is 0.365. The number of carbonyl (C=O) groups is 3.